The van der Waals surface area contributed by atoms with E-state index in [4.69, 9.17) is 27.9 Å². The molecular formula is C25H23Cl2N3O3S. The number of methoxy groups -OCH3 is 1. The normalized spacial score (nSPS) is 18.0. The van der Waals surface area contributed by atoms with E-state index < -0.39 is 0 Å². The van der Waals surface area contributed by atoms with Gasteiger partial charge in [-0.15, -0.1) is 0 Å². The van der Waals surface area contributed by atoms with Gasteiger partial charge in [0.05, 0.1) is 13.0 Å². The van der Waals surface area contributed by atoms with Gasteiger partial charge in [-0.3, -0.25) is 9.59 Å². The third-order valence-corrected chi connectivity index (χ3v) is 7.12. The number of hydrogen-bond donors (Lipinski definition) is 2. The zero-order valence-corrected chi connectivity index (χ0v) is 21.1. The van der Waals surface area contributed by atoms with Crippen LogP contribution in [-0.4, -0.2) is 23.9 Å². The first-order chi connectivity index (χ1) is 16.2. The van der Waals surface area contributed by atoms with E-state index in [0.29, 0.717) is 27.1 Å². The van der Waals surface area contributed by atoms with Crippen LogP contribution >= 0.6 is 34.5 Å². The smallest absolute Gasteiger partial charge is 0.256 e. The Morgan fingerprint density at radius 2 is 1.74 bits per heavy atom. The van der Waals surface area contributed by atoms with Crippen LogP contribution in [0.5, 0.6) is 5.75 Å². The number of carbonyl (C=O) groups excluding carboxylic acids is 2. The van der Waals surface area contributed by atoms with E-state index in [1.807, 2.05) is 44.2 Å². The number of anilines is 2. The molecule has 2 amide bonds. The zero-order valence-electron chi connectivity index (χ0n) is 18.8. The number of halogens is 2. The Bertz CT molecular complexity index is 1240. The molecule has 1 aliphatic carbocycles. The van der Waals surface area contributed by atoms with Crippen molar-refractivity contribution in [2.45, 2.75) is 13.8 Å². The maximum absolute atomic E-state index is 13.0. The van der Waals surface area contributed by atoms with E-state index in [2.05, 4.69) is 15.6 Å². The summed E-state index contributed by atoms with van der Waals surface area (Å²) in [5.74, 6) is -0.119. The number of benzene rings is 2. The van der Waals surface area contributed by atoms with Gasteiger partial charge in [0, 0.05) is 11.1 Å². The molecule has 2 atom stereocenters. The monoisotopic (exact) mass is 515 g/mol. The molecule has 3 aromatic rings. The number of allylic oxidation sites excluding steroid dienone is 1. The fourth-order valence-corrected chi connectivity index (χ4v) is 5.13. The molecule has 4 rings (SSSR count). The molecule has 0 saturated heterocycles. The number of carbonyl (C=O) groups is 2. The number of rotatable bonds is 7. The second kappa shape index (κ2) is 9.78. The van der Waals surface area contributed by atoms with Crippen LogP contribution in [0.3, 0.4) is 0 Å². The van der Waals surface area contributed by atoms with Crippen LogP contribution < -0.4 is 15.4 Å². The lowest BCUT2D eigenvalue weighted by molar-refractivity contribution is -0.118. The topological polar surface area (TPSA) is 80.3 Å². The van der Waals surface area contributed by atoms with Gasteiger partial charge in [-0.25, -0.2) is 4.98 Å². The Kier molecular flexibility index (Phi) is 6.98. The minimum atomic E-state index is -0.286. The van der Waals surface area contributed by atoms with Crippen molar-refractivity contribution in [2.24, 2.45) is 17.3 Å². The largest absolute Gasteiger partial charge is 0.497 e. The molecule has 1 aliphatic rings. The summed E-state index contributed by atoms with van der Waals surface area (Å²) >= 11 is 12.8. The van der Waals surface area contributed by atoms with Gasteiger partial charge < -0.3 is 15.4 Å². The van der Waals surface area contributed by atoms with E-state index in [1.165, 1.54) is 11.3 Å². The first-order valence-corrected chi connectivity index (χ1v) is 12.1. The van der Waals surface area contributed by atoms with Crippen molar-refractivity contribution in [2.75, 3.05) is 17.7 Å². The summed E-state index contributed by atoms with van der Waals surface area (Å²) in [7, 11) is 1.57. The summed E-state index contributed by atoms with van der Waals surface area (Å²) in [6, 6.07) is 16.3. The minimum absolute atomic E-state index is 0.0553. The van der Waals surface area contributed by atoms with Crippen molar-refractivity contribution in [3.05, 3.63) is 70.7 Å². The van der Waals surface area contributed by atoms with Gasteiger partial charge in [0.15, 0.2) is 5.13 Å². The first-order valence-electron chi connectivity index (χ1n) is 10.6. The highest BCUT2D eigenvalue weighted by Crippen LogP contribution is 2.60. The summed E-state index contributed by atoms with van der Waals surface area (Å²) < 4.78 is 5.30. The summed E-state index contributed by atoms with van der Waals surface area (Å²) in [6.07, 6.45) is 1.70. The third kappa shape index (κ3) is 5.12. The summed E-state index contributed by atoms with van der Waals surface area (Å²) in [6.45, 7) is 3.99. The van der Waals surface area contributed by atoms with Crippen LogP contribution in [0.2, 0.25) is 0 Å². The molecule has 0 bridgehead atoms. The molecule has 0 spiro atoms. The summed E-state index contributed by atoms with van der Waals surface area (Å²) in [5.41, 5.74) is 1.62. The molecule has 2 N–H and O–H groups in total. The summed E-state index contributed by atoms with van der Waals surface area (Å²) in [4.78, 5) is 30.5. The number of nitrogens with zero attached hydrogens (tertiary/aromatic N) is 1. The van der Waals surface area contributed by atoms with Gasteiger partial charge >= 0.3 is 0 Å². The number of aromatic nitrogens is 1. The van der Waals surface area contributed by atoms with Crippen LogP contribution in [0.25, 0.3) is 11.3 Å². The third-order valence-electron chi connectivity index (χ3n) is 5.98. The standard InChI is InChI=1S/C25H23Cl2N3O3S/c1-25(2)17(13-18(26)27)19(25)22(32)30-24-28-20(14-7-5-4-6-8-14)23(34-24)29-21(31)15-9-11-16(33-3)12-10-15/h4-13,17,19H,1-3H3,(H,29,31)(H,28,30,32). The van der Waals surface area contributed by atoms with E-state index in [0.717, 1.165) is 5.56 Å². The van der Waals surface area contributed by atoms with Crippen molar-refractivity contribution < 1.29 is 14.3 Å². The summed E-state index contributed by atoms with van der Waals surface area (Å²) in [5, 5.41) is 6.78. The fraction of sp³-hybridized carbons (Fsp3) is 0.240. The van der Waals surface area contributed by atoms with Crippen molar-refractivity contribution in [1.82, 2.24) is 4.98 Å². The molecule has 1 fully saturated rings. The molecule has 34 heavy (non-hydrogen) atoms. The predicted octanol–water partition coefficient (Wildman–Crippen LogP) is 6.60. The van der Waals surface area contributed by atoms with Gasteiger partial charge in [-0.1, -0.05) is 78.7 Å². The zero-order chi connectivity index (χ0) is 24.5. The Balaban J connectivity index is 1.58. The van der Waals surface area contributed by atoms with Gasteiger partial charge in [-0.05, 0) is 41.7 Å². The van der Waals surface area contributed by atoms with Crippen molar-refractivity contribution in [1.29, 1.82) is 0 Å². The maximum Gasteiger partial charge on any atom is 0.256 e. The first kappa shape index (κ1) is 24.3. The lowest BCUT2D eigenvalue weighted by Gasteiger charge is -2.06. The number of thiazole rings is 1. The predicted molar refractivity (Wildman–Crippen MR) is 138 cm³/mol. The molecule has 176 valence electrons. The lowest BCUT2D eigenvalue weighted by atomic mass is 10.1. The Morgan fingerprint density at radius 1 is 1.06 bits per heavy atom. The van der Waals surface area contributed by atoms with E-state index in [-0.39, 0.29) is 33.6 Å². The van der Waals surface area contributed by atoms with Gasteiger partial charge in [0.2, 0.25) is 5.91 Å². The van der Waals surface area contributed by atoms with Crippen LogP contribution in [0.1, 0.15) is 24.2 Å². The van der Waals surface area contributed by atoms with Crippen molar-refractivity contribution in [3.63, 3.8) is 0 Å². The van der Waals surface area contributed by atoms with Crippen LogP contribution in [0.15, 0.2) is 65.2 Å². The van der Waals surface area contributed by atoms with Crippen molar-refractivity contribution >= 4 is 56.5 Å². The van der Waals surface area contributed by atoms with E-state index in [1.54, 1.807) is 37.5 Å². The molecule has 6 nitrogen and oxygen atoms in total. The lowest BCUT2D eigenvalue weighted by Crippen LogP contribution is -2.16. The average molecular weight is 516 g/mol. The average Bonchev–Trinajstić information content (AvgIpc) is 3.13. The highest BCUT2D eigenvalue weighted by atomic mass is 35.5. The molecule has 0 aliphatic heterocycles. The molecule has 0 radical (unpaired) electrons. The fourth-order valence-electron chi connectivity index (χ4n) is 3.98. The Morgan fingerprint density at radius 3 is 2.35 bits per heavy atom. The van der Waals surface area contributed by atoms with E-state index >= 15 is 0 Å². The highest BCUT2D eigenvalue weighted by Gasteiger charge is 2.60. The maximum atomic E-state index is 13.0. The molecule has 2 unspecified atom stereocenters. The molecule has 9 heteroatoms. The minimum Gasteiger partial charge on any atom is -0.497 e. The molecule has 1 saturated carbocycles. The van der Waals surface area contributed by atoms with Gasteiger partial charge in [0.25, 0.3) is 5.91 Å². The van der Waals surface area contributed by atoms with Gasteiger partial charge in [-0.2, -0.15) is 0 Å². The van der Waals surface area contributed by atoms with E-state index in [9.17, 15) is 9.59 Å². The quantitative estimate of drug-likeness (QED) is 0.371. The van der Waals surface area contributed by atoms with Crippen LogP contribution in [-0.2, 0) is 4.79 Å². The second-order valence-corrected chi connectivity index (χ2v) is 10.5. The van der Waals surface area contributed by atoms with Crippen LogP contribution in [0.4, 0.5) is 10.1 Å². The second-order valence-electron chi connectivity index (χ2n) is 8.52. The Hall–Kier alpha value is -2.87. The highest BCUT2D eigenvalue weighted by molar-refractivity contribution is 7.20. The number of ether oxygens (including phenoxy) is 1. The number of nitrogens with one attached hydrogen (secondary N) is 2. The molecular weight excluding hydrogens is 493 g/mol. The van der Waals surface area contributed by atoms with Crippen LogP contribution in [0, 0.1) is 17.3 Å². The van der Waals surface area contributed by atoms with Crippen molar-refractivity contribution in [3.8, 4) is 17.0 Å². The van der Waals surface area contributed by atoms with Gasteiger partial charge in [0.1, 0.15) is 20.9 Å². The SMILES string of the molecule is COc1ccc(C(=O)Nc2sc(NC(=O)C3C(C=C(Cl)Cl)C3(C)C)nc2-c2ccccc2)cc1. The number of amides is 2. The Labute approximate surface area is 212 Å². The molecule has 1 heterocycles. The molecule has 1 aromatic heterocycles. The molecule has 2 aromatic carbocycles. The number of hydrogen-bond acceptors (Lipinski definition) is 5.